The smallest absolute Gasteiger partial charge is 0.0102 e. The van der Waals surface area contributed by atoms with Crippen LogP contribution in [0.5, 0.6) is 0 Å². The molecule has 0 N–H and O–H groups in total. The number of benzene rings is 2. The molecule has 1 aliphatic carbocycles. The monoisotopic (exact) mass is 374 g/mol. The molecule has 0 heterocycles. The first-order chi connectivity index (χ1) is 13.4. The summed E-state index contributed by atoms with van der Waals surface area (Å²) in [4.78, 5) is 0. The molecule has 3 rings (SSSR count). The highest BCUT2D eigenvalue weighted by Gasteiger charge is 2.26. The third kappa shape index (κ3) is 5.96. The average Bonchev–Trinajstić information content (AvgIpc) is 2.95. The number of allylic oxidation sites excluding steroid dienone is 4. The predicted octanol–water partition coefficient (Wildman–Crippen LogP) is 8.34. The van der Waals surface area contributed by atoms with Crippen molar-refractivity contribution in [3.63, 3.8) is 0 Å². The van der Waals surface area contributed by atoms with E-state index in [1.807, 2.05) is 0 Å². The fourth-order valence-corrected chi connectivity index (χ4v) is 4.17. The second-order valence-electron chi connectivity index (χ2n) is 8.52. The summed E-state index contributed by atoms with van der Waals surface area (Å²) in [5.41, 5.74) is 9.42. The molecule has 0 unspecified atom stereocenters. The summed E-state index contributed by atoms with van der Waals surface area (Å²) in [5, 5.41) is 0. The van der Waals surface area contributed by atoms with Crippen LogP contribution < -0.4 is 0 Å². The summed E-state index contributed by atoms with van der Waals surface area (Å²) in [5.74, 6) is 0. The molecule has 0 nitrogen and oxygen atoms in total. The molecule has 2 aromatic rings. The molecule has 0 fully saturated rings. The van der Waals surface area contributed by atoms with Crippen LogP contribution in [-0.2, 0) is 12.8 Å². The van der Waals surface area contributed by atoms with Crippen molar-refractivity contribution in [2.75, 3.05) is 0 Å². The van der Waals surface area contributed by atoms with Crippen LogP contribution in [0.2, 0.25) is 0 Å². The normalized spacial score (nSPS) is 14.2. The second-order valence-corrected chi connectivity index (χ2v) is 8.52. The van der Waals surface area contributed by atoms with Gasteiger partial charge in [-0.15, -0.1) is 0 Å². The van der Waals surface area contributed by atoms with Crippen LogP contribution in [0.1, 0.15) is 71.9 Å². The molecule has 2 aromatic carbocycles. The van der Waals surface area contributed by atoms with Gasteiger partial charge in [-0.05, 0) is 87.5 Å². The molecule has 0 aliphatic heterocycles. The minimum Gasteiger partial charge on any atom is -0.0661 e. The summed E-state index contributed by atoms with van der Waals surface area (Å²) < 4.78 is 0. The van der Waals surface area contributed by atoms with Crippen molar-refractivity contribution < 1.29 is 0 Å². The molecule has 0 bridgehead atoms. The van der Waals surface area contributed by atoms with Gasteiger partial charge in [-0.25, -0.2) is 0 Å². The molecule has 28 heavy (non-hydrogen) atoms. The molecule has 0 atom stereocenters. The number of rotatable bonds is 6. The molecule has 0 saturated heterocycles. The molecule has 0 spiro atoms. The first kappa shape index (κ1) is 22.2. The molecule has 0 aromatic heterocycles. The van der Waals surface area contributed by atoms with Crippen molar-refractivity contribution in [2.45, 2.75) is 73.6 Å². The first-order valence-electron chi connectivity index (χ1n) is 10.8. The van der Waals surface area contributed by atoms with E-state index in [4.69, 9.17) is 0 Å². The van der Waals surface area contributed by atoms with Gasteiger partial charge < -0.3 is 0 Å². The van der Waals surface area contributed by atoms with Gasteiger partial charge in [-0.2, -0.15) is 0 Å². The molecule has 1 aliphatic rings. The predicted molar refractivity (Wildman–Crippen MR) is 125 cm³/mol. The van der Waals surface area contributed by atoms with Gasteiger partial charge in [0.05, 0.1) is 0 Å². The lowest BCUT2D eigenvalue weighted by Gasteiger charge is -2.32. The Morgan fingerprint density at radius 2 is 0.964 bits per heavy atom. The molecule has 0 amide bonds. The first-order valence-corrected chi connectivity index (χ1v) is 10.8. The minimum absolute atomic E-state index is 0.392. The summed E-state index contributed by atoms with van der Waals surface area (Å²) >= 11 is 0. The van der Waals surface area contributed by atoms with E-state index >= 15 is 0 Å². The zero-order valence-electron chi connectivity index (χ0n) is 18.8. The second kappa shape index (κ2) is 10.5. The van der Waals surface area contributed by atoms with Gasteiger partial charge in [-0.3, -0.25) is 0 Å². The minimum atomic E-state index is 0.392. The standard InChI is InChI=1S/C19H24.C9H14/c1-3-19(4-2,15-17-11-7-5-8-12-17)16-18-13-9-6-10-14-18;1-6-5-7(2)9(4)8(6)3/h5-14H,3-4,15-16H2,1-2H3;5H2,1-4H3. The molecule has 0 heteroatoms. The van der Waals surface area contributed by atoms with E-state index in [1.165, 1.54) is 54.4 Å². The van der Waals surface area contributed by atoms with Gasteiger partial charge in [-0.1, -0.05) is 85.7 Å². The van der Waals surface area contributed by atoms with E-state index in [0.717, 1.165) is 0 Å². The molecular formula is C28H38. The molecule has 150 valence electrons. The van der Waals surface area contributed by atoms with E-state index in [1.54, 1.807) is 11.1 Å². The number of hydrogen-bond acceptors (Lipinski definition) is 0. The van der Waals surface area contributed by atoms with E-state index in [-0.39, 0.29) is 0 Å². The summed E-state index contributed by atoms with van der Waals surface area (Å²) in [6.07, 6.45) is 6.02. The van der Waals surface area contributed by atoms with E-state index < -0.39 is 0 Å². The maximum Gasteiger partial charge on any atom is -0.0102 e. The van der Waals surface area contributed by atoms with Crippen LogP contribution in [0.15, 0.2) is 83.0 Å². The van der Waals surface area contributed by atoms with Crippen LogP contribution in [0.3, 0.4) is 0 Å². The van der Waals surface area contributed by atoms with Gasteiger partial charge in [0.1, 0.15) is 0 Å². The van der Waals surface area contributed by atoms with Crippen molar-refractivity contribution in [1.82, 2.24) is 0 Å². The number of hydrogen-bond donors (Lipinski definition) is 0. The van der Waals surface area contributed by atoms with Gasteiger partial charge in [0.25, 0.3) is 0 Å². The highest BCUT2D eigenvalue weighted by molar-refractivity contribution is 5.43. The van der Waals surface area contributed by atoms with Crippen molar-refractivity contribution >= 4 is 0 Å². The molecule has 0 saturated carbocycles. The zero-order chi connectivity index (χ0) is 20.6. The largest absolute Gasteiger partial charge is 0.0661 e. The lowest BCUT2D eigenvalue weighted by molar-refractivity contribution is 0.257. The van der Waals surface area contributed by atoms with Crippen LogP contribution >= 0.6 is 0 Å². The Bertz CT molecular complexity index is 721. The Balaban J connectivity index is 0.000000261. The van der Waals surface area contributed by atoms with Gasteiger partial charge in [0, 0.05) is 0 Å². The van der Waals surface area contributed by atoms with Crippen molar-refractivity contribution in [2.24, 2.45) is 5.41 Å². The molecule has 0 radical (unpaired) electrons. The maximum absolute atomic E-state index is 2.33. The lowest BCUT2D eigenvalue weighted by atomic mass is 9.72. The van der Waals surface area contributed by atoms with Crippen molar-refractivity contribution in [3.05, 3.63) is 94.1 Å². The highest BCUT2D eigenvalue weighted by atomic mass is 14.3. The van der Waals surface area contributed by atoms with Crippen LogP contribution in [-0.4, -0.2) is 0 Å². The van der Waals surface area contributed by atoms with E-state index in [0.29, 0.717) is 5.41 Å². The van der Waals surface area contributed by atoms with Crippen LogP contribution in [0, 0.1) is 5.41 Å². The topological polar surface area (TPSA) is 0 Å². The Labute approximate surface area is 173 Å². The third-order valence-corrected chi connectivity index (χ3v) is 6.72. The Morgan fingerprint density at radius 3 is 1.21 bits per heavy atom. The average molecular weight is 375 g/mol. The lowest BCUT2D eigenvalue weighted by Crippen LogP contribution is -2.25. The quantitative estimate of drug-likeness (QED) is 0.476. The van der Waals surface area contributed by atoms with E-state index in [2.05, 4.69) is 102 Å². The third-order valence-electron chi connectivity index (χ3n) is 6.72. The van der Waals surface area contributed by atoms with Gasteiger partial charge in [0.15, 0.2) is 0 Å². The van der Waals surface area contributed by atoms with E-state index in [9.17, 15) is 0 Å². The Hall–Kier alpha value is -2.08. The summed E-state index contributed by atoms with van der Waals surface area (Å²) in [6, 6.07) is 21.8. The molecular weight excluding hydrogens is 336 g/mol. The zero-order valence-corrected chi connectivity index (χ0v) is 18.8. The van der Waals surface area contributed by atoms with Crippen molar-refractivity contribution in [3.8, 4) is 0 Å². The SMILES string of the molecule is CC1=C(C)C(C)=C(C)C1.CCC(CC)(Cc1ccccc1)Cc1ccccc1. The maximum atomic E-state index is 2.33. The van der Waals surface area contributed by atoms with Gasteiger partial charge in [0.2, 0.25) is 0 Å². The van der Waals surface area contributed by atoms with Crippen molar-refractivity contribution in [1.29, 1.82) is 0 Å². The van der Waals surface area contributed by atoms with Crippen LogP contribution in [0.25, 0.3) is 0 Å². The van der Waals surface area contributed by atoms with Crippen LogP contribution in [0.4, 0.5) is 0 Å². The summed E-state index contributed by atoms with van der Waals surface area (Å²) in [7, 11) is 0. The Morgan fingerprint density at radius 1 is 0.607 bits per heavy atom. The highest BCUT2D eigenvalue weighted by Crippen LogP contribution is 2.35. The Kier molecular flexibility index (Phi) is 8.30. The summed E-state index contributed by atoms with van der Waals surface area (Å²) in [6.45, 7) is 13.5. The fraction of sp³-hybridized carbons (Fsp3) is 0.429. The van der Waals surface area contributed by atoms with Gasteiger partial charge >= 0.3 is 0 Å². The fourth-order valence-electron chi connectivity index (χ4n) is 4.17.